The van der Waals surface area contributed by atoms with Crippen molar-refractivity contribution < 1.29 is 9.53 Å². The van der Waals surface area contributed by atoms with Crippen LogP contribution in [-0.4, -0.2) is 22.3 Å². The highest BCUT2D eigenvalue weighted by molar-refractivity contribution is 7.15. The standard InChI is InChI=1S/C18H18N2O2S/c1-11-9-14(6-8-16(11)22-4)17-15(7-5-13(3)21)20-12(2)10-23-18(20)19-17/h5-10H,1-4H3/b7-5+. The first-order valence-electron chi connectivity index (χ1n) is 7.31. The number of carbonyl (C=O) groups is 1. The second-order valence-corrected chi connectivity index (χ2v) is 6.31. The van der Waals surface area contributed by atoms with Crippen LogP contribution in [0.2, 0.25) is 0 Å². The van der Waals surface area contributed by atoms with Crippen molar-refractivity contribution in [3.05, 3.63) is 46.6 Å². The number of ether oxygens (including phenoxy) is 1. The zero-order chi connectivity index (χ0) is 16.6. The van der Waals surface area contributed by atoms with Crippen molar-refractivity contribution in [2.24, 2.45) is 0 Å². The number of aromatic nitrogens is 2. The fraction of sp³-hybridized carbons (Fsp3) is 0.222. The maximum absolute atomic E-state index is 11.4. The number of nitrogens with zero attached hydrogens (tertiary/aromatic N) is 2. The SMILES string of the molecule is COc1ccc(-c2nc3scc(C)n3c2/C=C/C(C)=O)cc1C. The Morgan fingerprint density at radius 2 is 2.13 bits per heavy atom. The third kappa shape index (κ3) is 2.80. The lowest BCUT2D eigenvalue weighted by molar-refractivity contribution is -0.112. The number of fused-ring (bicyclic) bond motifs is 1. The molecule has 1 aromatic carbocycles. The molecule has 0 N–H and O–H groups in total. The Balaban J connectivity index is 2.22. The predicted molar refractivity (Wildman–Crippen MR) is 94.2 cm³/mol. The van der Waals surface area contributed by atoms with Crippen LogP contribution in [0.4, 0.5) is 0 Å². The van der Waals surface area contributed by atoms with Crippen molar-refractivity contribution >= 4 is 28.2 Å². The van der Waals surface area contributed by atoms with Gasteiger partial charge in [-0.15, -0.1) is 11.3 Å². The largest absolute Gasteiger partial charge is 0.496 e. The van der Waals surface area contributed by atoms with E-state index in [0.717, 1.165) is 38.9 Å². The number of hydrogen-bond donors (Lipinski definition) is 0. The molecule has 0 unspecified atom stereocenters. The van der Waals surface area contributed by atoms with E-state index in [1.807, 2.05) is 32.1 Å². The highest BCUT2D eigenvalue weighted by Crippen LogP contribution is 2.31. The summed E-state index contributed by atoms with van der Waals surface area (Å²) in [5.74, 6) is 0.872. The topological polar surface area (TPSA) is 43.6 Å². The Morgan fingerprint density at radius 3 is 2.78 bits per heavy atom. The molecule has 0 atom stereocenters. The molecule has 2 aromatic heterocycles. The lowest BCUT2D eigenvalue weighted by Gasteiger charge is -2.07. The van der Waals surface area contributed by atoms with Crippen LogP contribution in [0.5, 0.6) is 5.75 Å². The molecule has 3 aromatic rings. The number of hydrogen-bond acceptors (Lipinski definition) is 4. The summed E-state index contributed by atoms with van der Waals surface area (Å²) in [5, 5.41) is 2.07. The Labute approximate surface area is 139 Å². The molecule has 0 saturated heterocycles. The molecule has 118 valence electrons. The van der Waals surface area contributed by atoms with Gasteiger partial charge in [-0.25, -0.2) is 4.98 Å². The minimum atomic E-state index is 0.0182. The number of carbonyl (C=O) groups excluding carboxylic acids is 1. The molecule has 0 amide bonds. The molecule has 0 bridgehead atoms. The van der Waals surface area contributed by atoms with Gasteiger partial charge in [-0.3, -0.25) is 9.20 Å². The summed E-state index contributed by atoms with van der Waals surface area (Å²) in [6.07, 6.45) is 3.43. The first-order valence-corrected chi connectivity index (χ1v) is 8.19. The number of thiazole rings is 1. The maximum atomic E-state index is 11.4. The molecule has 23 heavy (non-hydrogen) atoms. The van der Waals surface area contributed by atoms with E-state index in [2.05, 4.69) is 15.8 Å². The molecule has 4 nitrogen and oxygen atoms in total. The van der Waals surface area contributed by atoms with E-state index in [4.69, 9.17) is 9.72 Å². The normalized spacial score (nSPS) is 11.5. The van der Waals surface area contributed by atoms with E-state index < -0.39 is 0 Å². The van der Waals surface area contributed by atoms with Gasteiger partial charge >= 0.3 is 0 Å². The van der Waals surface area contributed by atoms with E-state index in [1.165, 1.54) is 0 Å². The predicted octanol–water partition coefficient (Wildman–Crippen LogP) is 4.29. The number of allylic oxidation sites excluding steroid dienone is 1. The Kier molecular flexibility index (Phi) is 4.05. The Bertz CT molecular complexity index is 919. The number of methoxy groups -OCH3 is 1. The number of benzene rings is 1. The summed E-state index contributed by atoms with van der Waals surface area (Å²) >= 11 is 1.60. The van der Waals surface area contributed by atoms with Gasteiger partial charge in [-0.1, -0.05) is 0 Å². The van der Waals surface area contributed by atoms with Crippen LogP contribution < -0.4 is 4.74 Å². The molecule has 0 radical (unpaired) electrons. The summed E-state index contributed by atoms with van der Waals surface area (Å²) < 4.78 is 7.41. The monoisotopic (exact) mass is 326 g/mol. The van der Waals surface area contributed by atoms with E-state index in [1.54, 1.807) is 31.4 Å². The van der Waals surface area contributed by atoms with Crippen molar-refractivity contribution in [2.45, 2.75) is 20.8 Å². The van der Waals surface area contributed by atoms with Crippen molar-refractivity contribution in [1.82, 2.24) is 9.38 Å². The number of aryl methyl sites for hydroxylation is 2. The van der Waals surface area contributed by atoms with E-state index >= 15 is 0 Å². The second-order valence-electron chi connectivity index (χ2n) is 5.47. The molecule has 0 aliphatic rings. The molecule has 0 aliphatic carbocycles. The van der Waals surface area contributed by atoms with Crippen molar-refractivity contribution in [3.63, 3.8) is 0 Å². The van der Waals surface area contributed by atoms with Crippen LogP contribution in [0, 0.1) is 13.8 Å². The van der Waals surface area contributed by atoms with Crippen molar-refractivity contribution in [1.29, 1.82) is 0 Å². The van der Waals surface area contributed by atoms with Gasteiger partial charge in [0.05, 0.1) is 18.5 Å². The minimum absolute atomic E-state index is 0.0182. The minimum Gasteiger partial charge on any atom is -0.496 e. The summed E-state index contributed by atoms with van der Waals surface area (Å²) in [6, 6.07) is 6.01. The molecular formula is C18H18N2O2S. The number of rotatable bonds is 4. The van der Waals surface area contributed by atoms with Gasteiger partial charge < -0.3 is 4.74 Å². The summed E-state index contributed by atoms with van der Waals surface area (Å²) in [6.45, 7) is 5.60. The average Bonchev–Trinajstić information content (AvgIpc) is 3.05. The van der Waals surface area contributed by atoms with Crippen LogP contribution in [0.15, 0.2) is 29.7 Å². The van der Waals surface area contributed by atoms with Gasteiger partial charge in [-0.2, -0.15) is 0 Å². The van der Waals surface area contributed by atoms with Crippen LogP contribution in [-0.2, 0) is 4.79 Å². The number of ketones is 1. The van der Waals surface area contributed by atoms with Crippen LogP contribution >= 0.6 is 11.3 Å². The summed E-state index contributed by atoms with van der Waals surface area (Å²) in [7, 11) is 1.67. The smallest absolute Gasteiger partial charge is 0.194 e. The fourth-order valence-electron chi connectivity index (χ4n) is 2.61. The average molecular weight is 326 g/mol. The van der Waals surface area contributed by atoms with Crippen LogP contribution in [0.3, 0.4) is 0 Å². The molecule has 2 heterocycles. The van der Waals surface area contributed by atoms with Gasteiger partial charge in [-0.05, 0) is 56.7 Å². The van der Waals surface area contributed by atoms with E-state index in [-0.39, 0.29) is 5.78 Å². The first-order chi connectivity index (χ1) is 11.0. The zero-order valence-electron chi connectivity index (χ0n) is 13.6. The quantitative estimate of drug-likeness (QED) is 0.672. The van der Waals surface area contributed by atoms with Gasteiger partial charge in [0.15, 0.2) is 10.7 Å². The third-order valence-corrected chi connectivity index (χ3v) is 4.66. The van der Waals surface area contributed by atoms with E-state index in [0.29, 0.717) is 0 Å². The molecule has 3 rings (SSSR count). The second kappa shape index (κ2) is 6.01. The molecule has 0 saturated carbocycles. The van der Waals surface area contributed by atoms with Gasteiger partial charge in [0.1, 0.15) is 5.75 Å². The number of imidazole rings is 1. The Morgan fingerprint density at radius 1 is 1.35 bits per heavy atom. The highest BCUT2D eigenvalue weighted by atomic mass is 32.1. The molecule has 0 aliphatic heterocycles. The molecule has 5 heteroatoms. The van der Waals surface area contributed by atoms with Gasteiger partial charge in [0.25, 0.3) is 0 Å². The van der Waals surface area contributed by atoms with E-state index in [9.17, 15) is 4.79 Å². The van der Waals surface area contributed by atoms with Crippen LogP contribution in [0.1, 0.15) is 23.9 Å². The van der Waals surface area contributed by atoms with Gasteiger partial charge in [0.2, 0.25) is 0 Å². The van der Waals surface area contributed by atoms with Crippen molar-refractivity contribution in [2.75, 3.05) is 7.11 Å². The summed E-state index contributed by atoms with van der Waals surface area (Å²) in [5.41, 5.74) is 4.99. The van der Waals surface area contributed by atoms with Crippen LogP contribution in [0.25, 0.3) is 22.3 Å². The lowest BCUT2D eigenvalue weighted by Crippen LogP contribution is -1.92. The summed E-state index contributed by atoms with van der Waals surface area (Å²) in [4.78, 5) is 17.0. The third-order valence-electron chi connectivity index (χ3n) is 3.71. The maximum Gasteiger partial charge on any atom is 0.194 e. The fourth-order valence-corrected chi connectivity index (χ4v) is 3.48. The van der Waals surface area contributed by atoms with Gasteiger partial charge in [0, 0.05) is 16.6 Å². The first kappa shape index (κ1) is 15.5. The zero-order valence-corrected chi connectivity index (χ0v) is 14.4. The molecule has 0 fully saturated rings. The molecule has 0 spiro atoms. The van der Waals surface area contributed by atoms with Crippen molar-refractivity contribution in [3.8, 4) is 17.0 Å². The highest BCUT2D eigenvalue weighted by Gasteiger charge is 2.15. The Hall–Kier alpha value is -2.40. The lowest BCUT2D eigenvalue weighted by atomic mass is 10.1. The molecular weight excluding hydrogens is 308 g/mol.